The van der Waals surface area contributed by atoms with E-state index >= 15 is 0 Å². The van der Waals surface area contributed by atoms with E-state index < -0.39 is 0 Å². The van der Waals surface area contributed by atoms with Crippen LogP contribution >= 0.6 is 11.3 Å². The topological polar surface area (TPSA) is 46.3 Å². The van der Waals surface area contributed by atoms with Gasteiger partial charge in [-0.2, -0.15) is 0 Å². The van der Waals surface area contributed by atoms with Gasteiger partial charge in [0.25, 0.3) is 0 Å². The van der Waals surface area contributed by atoms with E-state index in [9.17, 15) is 4.79 Å². The average Bonchev–Trinajstić information content (AvgIpc) is 2.72. The summed E-state index contributed by atoms with van der Waals surface area (Å²) >= 11 is 1.73. The number of nitrogens with zero attached hydrogens (tertiary/aromatic N) is 1. The van der Waals surface area contributed by atoms with E-state index in [1.165, 1.54) is 23.3 Å². The molecule has 1 aliphatic rings. The van der Waals surface area contributed by atoms with Crippen LogP contribution in [-0.2, 0) is 11.3 Å². The number of aryl methyl sites for hydroxylation is 1. The molecule has 2 rings (SSSR count). The van der Waals surface area contributed by atoms with Crippen LogP contribution in [0.15, 0.2) is 11.4 Å². The molecule has 1 aromatic rings. The Balaban J connectivity index is 2.09. The van der Waals surface area contributed by atoms with Crippen LogP contribution in [0.1, 0.15) is 49.0 Å². The van der Waals surface area contributed by atoms with Gasteiger partial charge in [0, 0.05) is 18.5 Å². The van der Waals surface area contributed by atoms with Gasteiger partial charge in [0.05, 0.1) is 12.0 Å². The summed E-state index contributed by atoms with van der Waals surface area (Å²) in [6.45, 7) is 3.30. The zero-order chi connectivity index (χ0) is 14.6. The van der Waals surface area contributed by atoms with Gasteiger partial charge in [-0.25, -0.2) is 0 Å². The molecule has 1 heterocycles. The van der Waals surface area contributed by atoms with Crippen LogP contribution in [0.3, 0.4) is 0 Å². The van der Waals surface area contributed by atoms with Crippen molar-refractivity contribution in [2.75, 3.05) is 13.6 Å². The lowest BCUT2D eigenvalue weighted by molar-refractivity contribution is -0.141. The van der Waals surface area contributed by atoms with Crippen molar-refractivity contribution in [1.82, 2.24) is 4.90 Å². The van der Waals surface area contributed by atoms with Crippen LogP contribution in [-0.4, -0.2) is 24.4 Å². The number of hydrogen-bond acceptors (Lipinski definition) is 3. The predicted octanol–water partition coefficient (Wildman–Crippen LogP) is 3.31. The van der Waals surface area contributed by atoms with Crippen LogP contribution < -0.4 is 5.73 Å². The minimum absolute atomic E-state index is 0.245. The van der Waals surface area contributed by atoms with Crippen molar-refractivity contribution in [2.45, 2.75) is 52.0 Å². The molecule has 0 aliphatic heterocycles. The molecule has 0 aromatic carbocycles. The maximum absolute atomic E-state index is 12.9. The van der Waals surface area contributed by atoms with Crippen molar-refractivity contribution in [3.8, 4) is 0 Å². The summed E-state index contributed by atoms with van der Waals surface area (Å²) in [5.41, 5.74) is 6.97. The number of amides is 1. The third-order valence-electron chi connectivity index (χ3n) is 4.60. The normalized spacial score (nSPS) is 18.6. The summed E-state index contributed by atoms with van der Waals surface area (Å²) in [5.74, 6) is 0.245. The quantitative estimate of drug-likeness (QED) is 0.866. The molecule has 3 nitrogen and oxygen atoms in total. The molecule has 0 radical (unpaired) electrons. The molecule has 0 spiro atoms. The van der Waals surface area contributed by atoms with Crippen molar-refractivity contribution in [1.29, 1.82) is 0 Å². The highest BCUT2D eigenvalue weighted by atomic mass is 32.1. The minimum atomic E-state index is -0.309. The van der Waals surface area contributed by atoms with E-state index in [1.807, 2.05) is 11.9 Å². The standard InChI is InChI=1S/C16H26N2OS/c1-13-7-10-20-14(13)11-18(2)15(19)16(12-17)8-5-3-4-6-9-16/h7,10H,3-6,8-9,11-12,17H2,1-2H3. The molecule has 0 bridgehead atoms. The minimum Gasteiger partial charge on any atom is -0.340 e. The highest BCUT2D eigenvalue weighted by Crippen LogP contribution is 2.36. The molecule has 1 fully saturated rings. The first kappa shape index (κ1) is 15.5. The van der Waals surface area contributed by atoms with Crippen molar-refractivity contribution in [3.05, 3.63) is 21.9 Å². The van der Waals surface area contributed by atoms with Gasteiger partial charge in [-0.15, -0.1) is 11.3 Å². The molecule has 1 aromatic heterocycles. The highest BCUT2D eigenvalue weighted by Gasteiger charge is 2.39. The van der Waals surface area contributed by atoms with Crippen LogP contribution in [0.25, 0.3) is 0 Å². The number of carbonyl (C=O) groups excluding carboxylic acids is 1. The molecular formula is C16H26N2OS. The molecule has 0 unspecified atom stereocenters. The van der Waals surface area contributed by atoms with Crippen LogP contribution in [0.2, 0.25) is 0 Å². The van der Waals surface area contributed by atoms with Gasteiger partial charge >= 0.3 is 0 Å². The summed E-state index contributed by atoms with van der Waals surface area (Å²) in [4.78, 5) is 16.1. The predicted molar refractivity (Wildman–Crippen MR) is 84.7 cm³/mol. The fraction of sp³-hybridized carbons (Fsp3) is 0.688. The first-order valence-electron chi connectivity index (χ1n) is 7.58. The molecule has 2 N–H and O–H groups in total. The van der Waals surface area contributed by atoms with Crippen molar-refractivity contribution in [3.63, 3.8) is 0 Å². The van der Waals surface area contributed by atoms with Gasteiger partial charge in [-0.05, 0) is 36.8 Å². The van der Waals surface area contributed by atoms with Crippen LogP contribution in [0, 0.1) is 12.3 Å². The van der Waals surface area contributed by atoms with E-state index in [1.54, 1.807) is 11.3 Å². The molecular weight excluding hydrogens is 268 g/mol. The summed E-state index contributed by atoms with van der Waals surface area (Å²) in [6, 6.07) is 2.11. The zero-order valence-electron chi connectivity index (χ0n) is 12.7. The summed E-state index contributed by atoms with van der Waals surface area (Å²) in [6.07, 6.45) is 6.65. The molecule has 1 amide bonds. The summed E-state index contributed by atoms with van der Waals surface area (Å²) < 4.78 is 0. The molecule has 1 saturated carbocycles. The number of carbonyl (C=O) groups is 1. The van der Waals surface area contributed by atoms with Crippen LogP contribution in [0.5, 0.6) is 0 Å². The van der Waals surface area contributed by atoms with E-state index in [-0.39, 0.29) is 11.3 Å². The lowest BCUT2D eigenvalue weighted by Crippen LogP contribution is -2.46. The first-order valence-corrected chi connectivity index (χ1v) is 8.46. The Labute approximate surface area is 126 Å². The first-order chi connectivity index (χ1) is 9.59. The van der Waals surface area contributed by atoms with E-state index in [0.29, 0.717) is 13.1 Å². The Bertz CT molecular complexity index is 447. The molecule has 4 heteroatoms. The van der Waals surface area contributed by atoms with Gasteiger partial charge in [0.2, 0.25) is 5.91 Å². The maximum atomic E-state index is 12.9. The fourth-order valence-electron chi connectivity index (χ4n) is 3.17. The average molecular weight is 294 g/mol. The molecule has 0 atom stereocenters. The number of hydrogen-bond donors (Lipinski definition) is 1. The molecule has 112 valence electrons. The molecule has 0 saturated heterocycles. The summed E-state index contributed by atoms with van der Waals surface area (Å²) in [5, 5.41) is 2.09. The number of nitrogens with two attached hydrogens (primary N) is 1. The Hall–Kier alpha value is -0.870. The fourth-order valence-corrected chi connectivity index (χ4v) is 4.13. The maximum Gasteiger partial charge on any atom is 0.230 e. The van der Waals surface area contributed by atoms with Crippen molar-refractivity contribution < 1.29 is 4.79 Å². The van der Waals surface area contributed by atoms with Gasteiger partial charge < -0.3 is 10.6 Å². The van der Waals surface area contributed by atoms with Crippen molar-refractivity contribution >= 4 is 17.2 Å². The smallest absolute Gasteiger partial charge is 0.230 e. The number of rotatable bonds is 4. The van der Waals surface area contributed by atoms with Crippen LogP contribution in [0.4, 0.5) is 0 Å². The third-order valence-corrected chi connectivity index (χ3v) is 5.61. The van der Waals surface area contributed by atoms with Gasteiger partial charge in [0.15, 0.2) is 0 Å². The van der Waals surface area contributed by atoms with Gasteiger partial charge in [-0.3, -0.25) is 4.79 Å². The monoisotopic (exact) mass is 294 g/mol. The molecule has 20 heavy (non-hydrogen) atoms. The van der Waals surface area contributed by atoms with E-state index in [2.05, 4.69) is 18.4 Å². The molecule has 1 aliphatic carbocycles. The second-order valence-corrected chi connectivity index (χ2v) is 7.09. The Morgan fingerprint density at radius 2 is 2.00 bits per heavy atom. The van der Waals surface area contributed by atoms with Crippen molar-refractivity contribution in [2.24, 2.45) is 11.1 Å². The lowest BCUT2D eigenvalue weighted by Gasteiger charge is -2.34. The second kappa shape index (κ2) is 6.72. The highest BCUT2D eigenvalue weighted by molar-refractivity contribution is 7.10. The Morgan fingerprint density at radius 1 is 1.35 bits per heavy atom. The largest absolute Gasteiger partial charge is 0.340 e. The van der Waals surface area contributed by atoms with E-state index in [4.69, 9.17) is 5.73 Å². The lowest BCUT2D eigenvalue weighted by atomic mass is 9.79. The SMILES string of the molecule is Cc1ccsc1CN(C)C(=O)C1(CN)CCCCCC1. The van der Waals surface area contributed by atoms with Gasteiger partial charge in [0.1, 0.15) is 0 Å². The zero-order valence-corrected chi connectivity index (χ0v) is 13.5. The second-order valence-electron chi connectivity index (χ2n) is 6.09. The number of thiophene rings is 1. The summed E-state index contributed by atoms with van der Waals surface area (Å²) in [7, 11) is 1.92. The van der Waals surface area contributed by atoms with Gasteiger partial charge in [-0.1, -0.05) is 25.7 Å². The Kier molecular flexibility index (Phi) is 5.22. The Morgan fingerprint density at radius 3 is 2.50 bits per heavy atom. The third kappa shape index (κ3) is 3.23. The van der Waals surface area contributed by atoms with E-state index in [0.717, 1.165) is 25.7 Å².